The number of hydrogen-bond donors (Lipinski definition) is 2. The summed E-state index contributed by atoms with van der Waals surface area (Å²) in [6.07, 6.45) is 0. The highest BCUT2D eigenvalue weighted by Gasteiger charge is 2.11. The predicted molar refractivity (Wildman–Crippen MR) is 85.5 cm³/mol. The van der Waals surface area contributed by atoms with Crippen LogP contribution in [0, 0.1) is 5.82 Å². The van der Waals surface area contributed by atoms with Crippen molar-refractivity contribution in [2.45, 2.75) is 13.1 Å². The van der Waals surface area contributed by atoms with E-state index >= 15 is 0 Å². The normalized spacial score (nSPS) is 10.8. The summed E-state index contributed by atoms with van der Waals surface area (Å²) in [6.45, 7) is 1.30. The summed E-state index contributed by atoms with van der Waals surface area (Å²) in [4.78, 5) is 13.3. The monoisotopic (exact) mass is 321 g/mol. The van der Waals surface area contributed by atoms with E-state index in [0.29, 0.717) is 6.54 Å². The van der Waals surface area contributed by atoms with E-state index in [4.69, 9.17) is 11.6 Å². The van der Waals surface area contributed by atoms with Gasteiger partial charge in [0.05, 0.1) is 19.7 Å². The molecule has 1 amide bonds. The van der Waals surface area contributed by atoms with Crippen LogP contribution in [0.5, 0.6) is 0 Å². The van der Waals surface area contributed by atoms with Gasteiger partial charge in [-0.3, -0.25) is 4.79 Å². The van der Waals surface area contributed by atoms with Crippen LogP contribution in [-0.4, -0.2) is 20.0 Å². The van der Waals surface area contributed by atoms with Gasteiger partial charge in [0.1, 0.15) is 12.4 Å². The molecule has 0 saturated heterocycles. The van der Waals surface area contributed by atoms with Crippen LogP contribution in [0.2, 0.25) is 5.02 Å². The number of carbonyl (C=O) groups is 1. The number of rotatable bonds is 5. The topological polar surface area (TPSA) is 33.5 Å². The number of nitrogens with one attached hydrogen (secondary N) is 2. The Kier molecular flexibility index (Phi) is 5.52. The van der Waals surface area contributed by atoms with Crippen molar-refractivity contribution >= 4 is 17.5 Å². The van der Waals surface area contributed by atoms with E-state index in [1.165, 1.54) is 22.6 Å². The molecule has 2 aromatic rings. The molecule has 0 radical (unpaired) electrons. The minimum absolute atomic E-state index is 0.00257. The van der Waals surface area contributed by atoms with Crippen molar-refractivity contribution in [2.24, 2.45) is 0 Å². The molecule has 0 unspecified atom stereocenters. The van der Waals surface area contributed by atoms with Gasteiger partial charge in [-0.2, -0.15) is 0 Å². The number of amides is 1. The summed E-state index contributed by atoms with van der Waals surface area (Å²) in [5.74, 6) is -1.06. The lowest BCUT2D eigenvalue weighted by molar-refractivity contribution is -0.872. The molecule has 2 N–H and O–H groups in total. The van der Waals surface area contributed by atoms with Crippen LogP contribution >= 0.6 is 11.6 Å². The number of hydrogen-bond acceptors (Lipinski definition) is 1. The van der Waals surface area contributed by atoms with Crippen LogP contribution < -0.4 is 10.2 Å². The van der Waals surface area contributed by atoms with Gasteiger partial charge in [0.25, 0.3) is 5.91 Å². The molecule has 0 heterocycles. The third-order valence-electron chi connectivity index (χ3n) is 3.21. The van der Waals surface area contributed by atoms with Gasteiger partial charge < -0.3 is 10.2 Å². The molecule has 0 aliphatic carbocycles. The molecule has 5 heteroatoms. The van der Waals surface area contributed by atoms with E-state index in [1.807, 2.05) is 24.3 Å². The molecule has 0 fully saturated rings. The highest BCUT2D eigenvalue weighted by Crippen LogP contribution is 2.14. The first-order chi connectivity index (χ1) is 10.5. The molecule has 0 aromatic heterocycles. The zero-order chi connectivity index (χ0) is 16.1. The van der Waals surface area contributed by atoms with Gasteiger partial charge in [-0.05, 0) is 23.8 Å². The lowest BCUT2D eigenvalue weighted by Gasteiger charge is -2.09. The Hall–Kier alpha value is -1.91. The van der Waals surface area contributed by atoms with Crippen LogP contribution in [0.15, 0.2) is 42.5 Å². The van der Waals surface area contributed by atoms with Gasteiger partial charge >= 0.3 is 0 Å². The van der Waals surface area contributed by atoms with Crippen molar-refractivity contribution in [3.05, 3.63) is 70.0 Å². The average molecular weight is 322 g/mol. The van der Waals surface area contributed by atoms with Gasteiger partial charge in [0.15, 0.2) is 0 Å². The van der Waals surface area contributed by atoms with E-state index in [-0.39, 0.29) is 10.6 Å². The first kappa shape index (κ1) is 16.5. The third-order valence-corrected chi connectivity index (χ3v) is 3.44. The standard InChI is InChI=1S/C17H18ClFN2O/c1-21(2)11-13-5-3-12(4-6-13)10-20-17(22)15-8-7-14(18)9-16(15)19/h3-9H,10-11H2,1-2H3,(H,20,22)/p+1. The van der Waals surface area contributed by atoms with Crippen LogP contribution in [0.25, 0.3) is 0 Å². The molecule has 2 aromatic carbocycles. The molecule has 2 rings (SSSR count). The largest absolute Gasteiger partial charge is 0.348 e. The second kappa shape index (κ2) is 7.38. The Balaban J connectivity index is 1.96. The molecular formula is C17H19ClFN2O+. The minimum Gasteiger partial charge on any atom is -0.348 e. The molecule has 0 spiro atoms. The van der Waals surface area contributed by atoms with Crippen molar-refractivity contribution in [3.8, 4) is 0 Å². The molecule has 0 atom stereocenters. The Bertz CT molecular complexity index is 656. The molecule has 22 heavy (non-hydrogen) atoms. The fraction of sp³-hybridized carbons (Fsp3) is 0.235. The van der Waals surface area contributed by atoms with E-state index in [2.05, 4.69) is 19.4 Å². The fourth-order valence-electron chi connectivity index (χ4n) is 2.13. The smallest absolute Gasteiger partial charge is 0.254 e. The summed E-state index contributed by atoms with van der Waals surface area (Å²) >= 11 is 5.67. The number of halogens is 2. The Labute approximate surface area is 134 Å². The average Bonchev–Trinajstić information content (AvgIpc) is 2.45. The summed E-state index contributed by atoms with van der Waals surface area (Å²) in [6, 6.07) is 12.0. The van der Waals surface area contributed by atoms with Gasteiger partial charge in [0.2, 0.25) is 0 Å². The second-order valence-electron chi connectivity index (χ2n) is 5.51. The molecule has 3 nitrogen and oxygen atoms in total. The van der Waals surface area contributed by atoms with E-state index in [9.17, 15) is 9.18 Å². The lowest BCUT2D eigenvalue weighted by atomic mass is 10.1. The summed E-state index contributed by atoms with van der Waals surface area (Å²) in [5.41, 5.74) is 2.20. The Morgan fingerprint density at radius 2 is 1.77 bits per heavy atom. The molecule has 116 valence electrons. The lowest BCUT2D eigenvalue weighted by Crippen LogP contribution is -3.04. The van der Waals surface area contributed by atoms with Gasteiger partial charge in [0, 0.05) is 17.1 Å². The van der Waals surface area contributed by atoms with Crippen molar-refractivity contribution in [1.82, 2.24) is 5.32 Å². The van der Waals surface area contributed by atoms with Crippen LogP contribution in [0.3, 0.4) is 0 Å². The maximum atomic E-state index is 13.7. The molecule has 0 aliphatic heterocycles. The van der Waals surface area contributed by atoms with E-state index in [1.54, 1.807) is 0 Å². The molecule has 0 bridgehead atoms. The maximum Gasteiger partial charge on any atom is 0.254 e. The van der Waals surface area contributed by atoms with Gasteiger partial charge in [-0.25, -0.2) is 4.39 Å². The fourth-order valence-corrected chi connectivity index (χ4v) is 2.29. The van der Waals surface area contributed by atoms with Crippen molar-refractivity contribution in [3.63, 3.8) is 0 Å². The van der Waals surface area contributed by atoms with Gasteiger partial charge in [-0.1, -0.05) is 35.9 Å². The highest BCUT2D eigenvalue weighted by molar-refractivity contribution is 6.30. The molecule has 0 aliphatic rings. The Morgan fingerprint density at radius 3 is 2.36 bits per heavy atom. The first-order valence-electron chi connectivity index (χ1n) is 7.06. The maximum absolute atomic E-state index is 13.7. The van der Waals surface area contributed by atoms with E-state index < -0.39 is 11.7 Å². The van der Waals surface area contributed by atoms with Crippen molar-refractivity contribution in [1.29, 1.82) is 0 Å². The number of carbonyl (C=O) groups excluding carboxylic acids is 1. The zero-order valence-electron chi connectivity index (χ0n) is 12.6. The number of benzene rings is 2. The minimum atomic E-state index is -0.616. The zero-order valence-corrected chi connectivity index (χ0v) is 13.4. The number of quaternary nitrogens is 1. The first-order valence-corrected chi connectivity index (χ1v) is 7.43. The summed E-state index contributed by atoms with van der Waals surface area (Å²) in [7, 11) is 4.18. The summed E-state index contributed by atoms with van der Waals surface area (Å²) < 4.78 is 13.7. The predicted octanol–water partition coefficient (Wildman–Crippen LogP) is 2.05. The quantitative estimate of drug-likeness (QED) is 0.868. The van der Waals surface area contributed by atoms with Crippen LogP contribution in [0.1, 0.15) is 21.5 Å². The second-order valence-corrected chi connectivity index (χ2v) is 5.94. The Morgan fingerprint density at radius 1 is 1.14 bits per heavy atom. The molecular weight excluding hydrogens is 303 g/mol. The van der Waals surface area contributed by atoms with Gasteiger partial charge in [-0.15, -0.1) is 0 Å². The summed E-state index contributed by atoms with van der Waals surface area (Å²) in [5, 5.41) is 2.98. The van der Waals surface area contributed by atoms with Crippen LogP contribution in [0.4, 0.5) is 4.39 Å². The van der Waals surface area contributed by atoms with Crippen molar-refractivity contribution in [2.75, 3.05) is 14.1 Å². The third kappa shape index (κ3) is 4.55. The SMILES string of the molecule is C[NH+](C)Cc1ccc(CNC(=O)c2ccc(Cl)cc2F)cc1. The molecule has 0 saturated carbocycles. The van der Waals surface area contributed by atoms with E-state index in [0.717, 1.165) is 18.2 Å². The highest BCUT2D eigenvalue weighted by atomic mass is 35.5. The van der Waals surface area contributed by atoms with Crippen molar-refractivity contribution < 1.29 is 14.1 Å². The van der Waals surface area contributed by atoms with Crippen LogP contribution in [-0.2, 0) is 13.1 Å².